The van der Waals surface area contributed by atoms with Gasteiger partial charge in [-0.2, -0.15) is 0 Å². The van der Waals surface area contributed by atoms with Crippen molar-refractivity contribution >= 4 is 82.8 Å². The molecule has 0 saturated heterocycles. The second-order valence-electron chi connectivity index (χ2n) is 4.08. The molecule has 0 N–H and O–H groups in total. The van der Waals surface area contributed by atoms with Crippen molar-refractivity contribution in [2.45, 2.75) is 9.71 Å². The van der Waals surface area contributed by atoms with Gasteiger partial charge < -0.3 is 0 Å². The van der Waals surface area contributed by atoms with Crippen molar-refractivity contribution in [1.82, 2.24) is 0 Å². The van der Waals surface area contributed by atoms with Crippen molar-refractivity contribution in [3.05, 3.63) is 69.7 Å². The number of hydrogen-bond donors (Lipinski definition) is 0. The highest BCUT2D eigenvalue weighted by atomic mass is 35.6. The van der Waals surface area contributed by atoms with Crippen molar-refractivity contribution in [2.24, 2.45) is 0 Å². The number of hydrogen-bond acceptors (Lipinski definition) is 0. The summed E-state index contributed by atoms with van der Waals surface area (Å²) in [4.78, 5) is 0. The first-order valence-electron chi connectivity index (χ1n) is 5.45. The maximum Gasteiger partial charge on any atom is 0.201 e. The van der Waals surface area contributed by atoms with Crippen molar-refractivity contribution in [2.75, 3.05) is 0 Å². The summed E-state index contributed by atoms with van der Waals surface area (Å²) in [6, 6.07) is 14.5. The molecule has 21 heavy (non-hydrogen) atoms. The van der Waals surface area contributed by atoms with Crippen LogP contribution in [0.1, 0.15) is 17.0 Å². The molecule has 0 bridgehead atoms. The lowest BCUT2D eigenvalue weighted by molar-refractivity contribution is 0.839. The molecule has 7 heteroatoms. The molecule has 2 rings (SSSR count). The molecule has 0 atom stereocenters. The van der Waals surface area contributed by atoms with Gasteiger partial charge in [-0.25, -0.2) is 0 Å². The van der Waals surface area contributed by atoms with E-state index in [4.69, 9.17) is 58.0 Å². The summed E-state index contributed by atoms with van der Waals surface area (Å²) in [6.07, 6.45) is 0. The topological polar surface area (TPSA) is 0 Å². The van der Waals surface area contributed by atoms with E-state index in [-0.39, 0.29) is 30.7 Å². The summed E-state index contributed by atoms with van der Waals surface area (Å²) in [6.45, 7) is 0. The van der Waals surface area contributed by atoms with Gasteiger partial charge in [0.05, 0.1) is 5.92 Å². The van der Waals surface area contributed by atoms with E-state index in [0.29, 0.717) is 10.0 Å². The van der Waals surface area contributed by atoms with Gasteiger partial charge in [0.2, 0.25) is 3.79 Å². The van der Waals surface area contributed by atoms with Crippen LogP contribution in [0.25, 0.3) is 0 Å². The van der Waals surface area contributed by atoms with E-state index in [1.54, 1.807) is 24.3 Å². The molecule has 0 aliphatic carbocycles. The highest BCUT2D eigenvalue weighted by Crippen LogP contribution is 2.45. The van der Waals surface area contributed by atoms with Crippen LogP contribution < -0.4 is 0 Å². The molecular weight excluding hydrogens is 416 g/mol. The molecule has 0 saturated carbocycles. The van der Waals surface area contributed by atoms with Crippen LogP contribution in [0.2, 0.25) is 10.0 Å². The highest BCUT2D eigenvalue weighted by Gasteiger charge is 2.35. The Morgan fingerprint density at radius 2 is 0.905 bits per heavy atom. The Balaban J connectivity index is 0.00000200. The summed E-state index contributed by atoms with van der Waals surface area (Å²) in [5.74, 6) is -0.382. The number of benzene rings is 2. The monoisotopic (exact) mass is 424 g/mol. The molecular formula is C14H11Cl7. The Morgan fingerprint density at radius 3 is 1.14 bits per heavy atom. The molecule has 0 aliphatic heterocycles. The van der Waals surface area contributed by atoms with E-state index in [1.165, 1.54) is 0 Å². The zero-order chi connectivity index (χ0) is 14.0. The summed E-state index contributed by atoms with van der Waals surface area (Å²) in [5.41, 5.74) is 1.76. The standard InChI is InChI=1S/C14H9Cl5.2ClH/c15-11-5-1-9(2-6-11)13(14(17,18)19)10-3-7-12(16)8-4-10;;/h1-8,13H;2*1H. The average molecular weight is 427 g/mol. The van der Waals surface area contributed by atoms with Crippen molar-refractivity contribution in [3.8, 4) is 0 Å². The second-order valence-corrected chi connectivity index (χ2v) is 7.32. The lowest BCUT2D eigenvalue weighted by Gasteiger charge is -2.25. The maximum atomic E-state index is 6.11. The molecule has 0 nitrogen and oxygen atoms in total. The van der Waals surface area contributed by atoms with E-state index < -0.39 is 3.79 Å². The molecule has 116 valence electrons. The van der Waals surface area contributed by atoms with Crippen LogP contribution in [-0.2, 0) is 0 Å². The van der Waals surface area contributed by atoms with Crippen LogP contribution in [-0.4, -0.2) is 3.79 Å². The van der Waals surface area contributed by atoms with Gasteiger partial charge in [0, 0.05) is 10.0 Å². The van der Waals surface area contributed by atoms with Gasteiger partial charge in [-0.3, -0.25) is 0 Å². The lowest BCUT2D eigenvalue weighted by atomic mass is 9.92. The first-order valence-corrected chi connectivity index (χ1v) is 7.34. The molecule has 0 amide bonds. The van der Waals surface area contributed by atoms with E-state index in [0.717, 1.165) is 11.1 Å². The fourth-order valence-corrected chi connectivity index (χ4v) is 2.89. The molecule has 0 fully saturated rings. The normalized spacial score (nSPS) is 10.8. The van der Waals surface area contributed by atoms with Crippen molar-refractivity contribution < 1.29 is 0 Å². The Kier molecular flexibility index (Phi) is 9.13. The molecule has 2 aromatic rings. The fourth-order valence-electron chi connectivity index (χ4n) is 1.88. The van der Waals surface area contributed by atoms with Gasteiger partial charge in [-0.1, -0.05) is 82.3 Å². The van der Waals surface area contributed by atoms with Gasteiger partial charge in [-0.05, 0) is 35.4 Å². The molecule has 0 radical (unpaired) electrons. The molecule has 0 heterocycles. The second kappa shape index (κ2) is 8.93. The molecule has 0 aromatic heterocycles. The Bertz CT molecular complexity index is 498. The number of halogens is 7. The quantitative estimate of drug-likeness (QED) is 0.440. The van der Waals surface area contributed by atoms with Crippen molar-refractivity contribution in [1.29, 1.82) is 0 Å². The van der Waals surface area contributed by atoms with Crippen LogP contribution in [0.3, 0.4) is 0 Å². The Labute approximate surface area is 161 Å². The van der Waals surface area contributed by atoms with E-state index in [2.05, 4.69) is 0 Å². The van der Waals surface area contributed by atoms with Gasteiger partial charge >= 0.3 is 0 Å². The summed E-state index contributed by atoms with van der Waals surface area (Å²) < 4.78 is -1.46. The van der Waals surface area contributed by atoms with E-state index in [1.807, 2.05) is 24.3 Å². The lowest BCUT2D eigenvalue weighted by Crippen LogP contribution is -2.18. The van der Waals surface area contributed by atoms with Crippen LogP contribution in [0, 0.1) is 0 Å². The average Bonchev–Trinajstić information content (AvgIpc) is 2.33. The van der Waals surface area contributed by atoms with Gasteiger partial charge in [0.15, 0.2) is 0 Å². The first kappa shape index (κ1) is 21.5. The van der Waals surface area contributed by atoms with Gasteiger partial charge in [0.25, 0.3) is 0 Å². The zero-order valence-corrected chi connectivity index (χ0v) is 15.8. The predicted molar refractivity (Wildman–Crippen MR) is 99.5 cm³/mol. The van der Waals surface area contributed by atoms with E-state index in [9.17, 15) is 0 Å². The molecule has 0 aliphatic rings. The third-order valence-electron chi connectivity index (χ3n) is 2.73. The number of rotatable bonds is 2. The van der Waals surface area contributed by atoms with Crippen LogP contribution in [0.4, 0.5) is 0 Å². The Hall–Kier alpha value is 0.470. The highest BCUT2D eigenvalue weighted by molar-refractivity contribution is 6.68. The van der Waals surface area contributed by atoms with Crippen molar-refractivity contribution in [3.63, 3.8) is 0 Å². The number of alkyl halides is 3. The third-order valence-corrected chi connectivity index (χ3v) is 3.89. The predicted octanol–water partition coefficient (Wildman–Crippen LogP) is 7.34. The zero-order valence-electron chi connectivity index (χ0n) is 10.4. The molecule has 0 unspecified atom stereocenters. The smallest absolute Gasteiger partial charge is 0.147 e. The van der Waals surface area contributed by atoms with E-state index >= 15 is 0 Å². The summed E-state index contributed by atoms with van der Waals surface area (Å²) in [5, 5.41) is 1.28. The molecule has 0 spiro atoms. The summed E-state index contributed by atoms with van der Waals surface area (Å²) in [7, 11) is 0. The minimum absolute atomic E-state index is 0. The van der Waals surface area contributed by atoms with Crippen LogP contribution in [0.5, 0.6) is 0 Å². The van der Waals surface area contributed by atoms with Gasteiger partial charge in [0.1, 0.15) is 0 Å². The first-order chi connectivity index (χ1) is 8.88. The minimum atomic E-state index is -1.46. The Morgan fingerprint density at radius 1 is 0.619 bits per heavy atom. The largest absolute Gasteiger partial charge is 0.201 e. The molecule has 2 aromatic carbocycles. The maximum absolute atomic E-state index is 6.11. The summed E-state index contributed by atoms with van der Waals surface area (Å²) >= 11 is 30.1. The fraction of sp³-hybridized carbons (Fsp3) is 0.143. The third kappa shape index (κ3) is 5.88. The SMILES string of the molecule is Cl.Cl.Clc1ccc(C(c2ccc(Cl)cc2)C(Cl)(Cl)Cl)cc1. The van der Waals surface area contributed by atoms with Gasteiger partial charge in [-0.15, -0.1) is 24.8 Å². The minimum Gasteiger partial charge on any atom is -0.147 e. The van der Waals surface area contributed by atoms with Crippen LogP contribution >= 0.6 is 82.8 Å². The van der Waals surface area contributed by atoms with Crippen LogP contribution in [0.15, 0.2) is 48.5 Å².